The summed E-state index contributed by atoms with van der Waals surface area (Å²) in [6, 6.07) is 7.98. The molecule has 0 unspecified atom stereocenters. The number of anilines is 2. The Bertz CT molecular complexity index is 748. The molecule has 0 atom stereocenters. The van der Waals surface area contributed by atoms with E-state index in [4.69, 9.17) is 4.74 Å². The average Bonchev–Trinajstić information content (AvgIpc) is 3.38. The maximum atomic E-state index is 11.1. The monoisotopic (exact) mass is 329 g/mol. The van der Waals surface area contributed by atoms with Crippen molar-refractivity contribution in [3.8, 4) is 5.75 Å². The first-order chi connectivity index (χ1) is 11.6. The van der Waals surface area contributed by atoms with Crippen molar-refractivity contribution in [2.45, 2.75) is 25.4 Å². The van der Waals surface area contributed by atoms with Crippen LogP contribution in [0.4, 0.5) is 17.5 Å². The normalized spacial score (nSPS) is 13.4. The number of nitrogens with zero attached hydrogens (tertiary/aromatic N) is 4. The summed E-state index contributed by atoms with van der Waals surface area (Å²) in [5, 5.41) is 14.2. The number of hydrogen-bond donors (Lipinski definition) is 1. The molecule has 1 aliphatic carbocycles. The third kappa shape index (κ3) is 3.70. The van der Waals surface area contributed by atoms with E-state index in [0.717, 1.165) is 24.2 Å². The van der Waals surface area contributed by atoms with Gasteiger partial charge in [-0.05, 0) is 30.5 Å². The van der Waals surface area contributed by atoms with Gasteiger partial charge in [0.15, 0.2) is 0 Å². The standard InChI is InChI=1S/C16H19N5O3/c1-20(10-11-4-3-5-13(8-11)24-2)16-17-9-14(21(22)23)15(19-16)18-12-6-7-12/h3-5,8-9,12H,6-7,10H2,1-2H3,(H,17,18,19). The average molecular weight is 329 g/mol. The summed E-state index contributed by atoms with van der Waals surface area (Å²) >= 11 is 0. The molecule has 8 heteroatoms. The first-order valence-corrected chi connectivity index (χ1v) is 7.69. The fraction of sp³-hybridized carbons (Fsp3) is 0.375. The third-order valence-corrected chi connectivity index (χ3v) is 3.77. The van der Waals surface area contributed by atoms with Gasteiger partial charge in [-0.15, -0.1) is 0 Å². The molecule has 1 aliphatic rings. The van der Waals surface area contributed by atoms with E-state index in [-0.39, 0.29) is 17.5 Å². The van der Waals surface area contributed by atoms with Crippen LogP contribution in [0.25, 0.3) is 0 Å². The Hall–Kier alpha value is -2.90. The summed E-state index contributed by atoms with van der Waals surface area (Å²) in [6.07, 6.45) is 3.28. The summed E-state index contributed by atoms with van der Waals surface area (Å²) in [6.45, 7) is 0.567. The van der Waals surface area contributed by atoms with Crippen molar-refractivity contribution in [3.05, 3.63) is 46.1 Å². The molecule has 0 amide bonds. The Balaban J connectivity index is 1.80. The van der Waals surface area contributed by atoms with Crippen molar-refractivity contribution in [1.29, 1.82) is 0 Å². The van der Waals surface area contributed by atoms with Gasteiger partial charge in [0.25, 0.3) is 0 Å². The molecule has 3 rings (SSSR count). The van der Waals surface area contributed by atoms with Crippen molar-refractivity contribution in [3.63, 3.8) is 0 Å². The van der Waals surface area contributed by atoms with Crippen LogP contribution in [0.3, 0.4) is 0 Å². The SMILES string of the molecule is COc1cccc(CN(C)c2ncc([N+](=O)[O-])c(NC3CC3)n2)c1. The molecule has 126 valence electrons. The van der Waals surface area contributed by atoms with Crippen LogP contribution in [-0.4, -0.2) is 35.1 Å². The van der Waals surface area contributed by atoms with Gasteiger partial charge in [0.05, 0.1) is 12.0 Å². The predicted molar refractivity (Wildman–Crippen MR) is 90.4 cm³/mol. The number of ether oxygens (including phenoxy) is 1. The number of benzene rings is 1. The fourth-order valence-electron chi connectivity index (χ4n) is 2.33. The van der Waals surface area contributed by atoms with Gasteiger partial charge in [-0.2, -0.15) is 4.98 Å². The Kier molecular flexibility index (Phi) is 4.45. The number of nitro groups is 1. The first-order valence-electron chi connectivity index (χ1n) is 7.69. The van der Waals surface area contributed by atoms with Crippen LogP contribution in [0.2, 0.25) is 0 Å². The molecule has 1 N–H and O–H groups in total. The minimum absolute atomic E-state index is 0.0968. The molecule has 0 saturated heterocycles. The third-order valence-electron chi connectivity index (χ3n) is 3.77. The number of nitrogens with one attached hydrogen (secondary N) is 1. The lowest BCUT2D eigenvalue weighted by Gasteiger charge is -2.18. The number of rotatable bonds is 7. The van der Waals surface area contributed by atoms with E-state index in [0.29, 0.717) is 12.5 Å². The van der Waals surface area contributed by atoms with Gasteiger partial charge in [0.2, 0.25) is 11.8 Å². The van der Waals surface area contributed by atoms with E-state index >= 15 is 0 Å². The van der Waals surface area contributed by atoms with Gasteiger partial charge in [-0.1, -0.05) is 12.1 Å². The lowest BCUT2D eigenvalue weighted by molar-refractivity contribution is -0.384. The second kappa shape index (κ2) is 6.69. The van der Waals surface area contributed by atoms with Crippen LogP contribution < -0.4 is 15.0 Å². The maximum Gasteiger partial charge on any atom is 0.329 e. The maximum absolute atomic E-state index is 11.1. The van der Waals surface area contributed by atoms with Crippen LogP contribution in [0.15, 0.2) is 30.5 Å². The van der Waals surface area contributed by atoms with E-state index in [1.807, 2.05) is 36.2 Å². The quantitative estimate of drug-likeness (QED) is 0.616. The van der Waals surface area contributed by atoms with Crippen LogP contribution in [0.5, 0.6) is 5.75 Å². The van der Waals surface area contributed by atoms with E-state index in [1.54, 1.807) is 7.11 Å². The zero-order valence-corrected chi connectivity index (χ0v) is 13.6. The topological polar surface area (TPSA) is 93.4 Å². The second-order valence-electron chi connectivity index (χ2n) is 5.79. The van der Waals surface area contributed by atoms with Crippen molar-refractivity contribution < 1.29 is 9.66 Å². The molecule has 0 aliphatic heterocycles. The van der Waals surface area contributed by atoms with Gasteiger partial charge in [-0.25, -0.2) is 4.98 Å². The van der Waals surface area contributed by atoms with E-state index < -0.39 is 4.92 Å². The van der Waals surface area contributed by atoms with E-state index in [9.17, 15) is 10.1 Å². The van der Waals surface area contributed by atoms with Crippen molar-refractivity contribution in [2.24, 2.45) is 0 Å². The largest absolute Gasteiger partial charge is 0.497 e. The molecule has 2 aromatic rings. The molecular formula is C16H19N5O3. The summed E-state index contributed by atoms with van der Waals surface area (Å²) < 4.78 is 5.22. The molecule has 1 saturated carbocycles. The molecule has 24 heavy (non-hydrogen) atoms. The molecular weight excluding hydrogens is 310 g/mol. The highest BCUT2D eigenvalue weighted by atomic mass is 16.6. The Morgan fingerprint density at radius 3 is 2.92 bits per heavy atom. The Morgan fingerprint density at radius 2 is 2.25 bits per heavy atom. The minimum Gasteiger partial charge on any atom is -0.497 e. The highest BCUT2D eigenvalue weighted by Crippen LogP contribution is 2.30. The highest BCUT2D eigenvalue weighted by Gasteiger charge is 2.27. The van der Waals surface area contributed by atoms with Crippen LogP contribution >= 0.6 is 0 Å². The van der Waals surface area contributed by atoms with Crippen LogP contribution in [-0.2, 0) is 6.54 Å². The molecule has 1 heterocycles. The van der Waals surface area contributed by atoms with Crippen molar-refractivity contribution in [1.82, 2.24) is 9.97 Å². The lowest BCUT2D eigenvalue weighted by atomic mass is 10.2. The second-order valence-corrected chi connectivity index (χ2v) is 5.79. The molecule has 1 aromatic carbocycles. The van der Waals surface area contributed by atoms with Gasteiger partial charge in [-0.3, -0.25) is 10.1 Å². The first kappa shape index (κ1) is 16.0. The molecule has 1 aromatic heterocycles. The van der Waals surface area contributed by atoms with Crippen LogP contribution in [0, 0.1) is 10.1 Å². The molecule has 0 spiro atoms. The van der Waals surface area contributed by atoms with Crippen molar-refractivity contribution in [2.75, 3.05) is 24.4 Å². The summed E-state index contributed by atoms with van der Waals surface area (Å²) in [5.74, 6) is 1.50. The number of hydrogen-bond acceptors (Lipinski definition) is 7. The molecule has 1 fully saturated rings. The minimum atomic E-state index is -0.462. The van der Waals surface area contributed by atoms with Gasteiger partial charge < -0.3 is 15.0 Å². The van der Waals surface area contributed by atoms with E-state index in [1.165, 1.54) is 6.20 Å². The summed E-state index contributed by atoms with van der Waals surface area (Å²) in [7, 11) is 3.47. The fourth-order valence-corrected chi connectivity index (χ4v) is 2.33. The zero-order valence-electron chi connectivity index (χ0n) is 13.6. The number of aromatic nitrogens is 2. The Morgan fingerprint density at radius 1 is 1.46 bits per heavy atom. The van der Waals surface area contributed by atoms with Crippen LogP contribution in [0.1, 0.15) is 18.4 Å². The molecule has 0 bridgehead atoms. The molecule has 8 nitrogen and oxygen atoms in total. The zero-order chi connectivity index (χ0) is 17.1. The van der Waals surface area contributed by atoms with Gasteiger partial charge >= 0.3 is 5.69 Å². The smallest absolute Gasteiger partial charge is 0.329 e. The van der Waals surface area contributed by atoms with Gasteiger partial charge in [0.1, 0.15) is 11.9 Å². The number of methoxy groups -OCH3 is 1. The highest BCUT2D eigenvalue weighted by molar-refractivity contribution is 5.58. The van der Waals surface area contributed by atoms with Crippen molar-refractivity contribution >= 4 is 17.5 Å². The summed E-state index contributed by atoms with van der Waals surface area (Å²) in [5.41, 5.74) is 0.941. The Labute approximate surface area is 139 Å². The predicted octanol–water partition coefficient (Wildman–Crippen LogP) is 2.60. The van der Waals surface area contributed by atoms with E-state index in [2.05, 4.69) is 15.3 Å². The lowest BCUT2D eigenvalue weighted by Crippen LogP contribution is -2.20. The summed E-state index contributed by atoms with van der Waals surface area (Å²) in [4.78, 5) is 21.0. The molecule has 0 radical (unpaired) electrons. The van der Waals surface area contributed by atoms with Gasteiger partial charge in [0, 0.05) is 19.6 Å².